The Bertz CT molecular complexity index is 367. The van der Waals surface area contributed by atoms with Crippen LogP contribution in [0.2, 0.25) is 0 Å². The highest BCUT2D eigenvalue weighted by Crippen LogP contribution is 2.42. The molecular weight excluding hydrogens is 214 g/mol. The minimum Gasteiger partial charge on any atom is -0.321 e. The van der Waals surface area contributed by atoms with Gasteiger partial charge in [0.15, 0.2) is 0 Å². The lowest BCUT2D eigenvalue weighted by atomic mass is 9.83. The summed E-state index contributed by atoms with van der Waals surface area (Å²) in [6.45, 7) is 6.91. The molecule has 1 nitrogen and oxygen atoms in total. The Balaban J connectivity index is 2.19. The molecule has 1 aliphatic rings. The van der Waals surface area contributed by atoms with Crippen LogP contribution in [0, 0.1) is 12.3 Å². The van der Waals surface area contributed by atoms with E-state index in [0.717, 1.165) is 12.8 Å². The maximum absolute atomic E-state index is 6.63. The fraction of sp³-hybridized carbons (Fsp3) is 0.714. The Labute approximate surface area is 103 Å². The van der Waals surface area contributed by atoms with E-state index >= 15 is 0 Å². The molecule has 16 heavy (non-hydrogen) atoms. The van der Waals surface area contributed by atoms with Crippen LogP contribution in [0.4, 0.5) is 0 Å². The molecule has 1 fully saturated rings. The Morgan fingerprint density at radius 2 is 1.88 bits per heavy atom. The summed E-state index contributed by atoms with van der Waals surface area (Å²) in [6.07, 6.45) is 6.12. The molecule has 0 aromatic carbocycles. The zero-order chi connectivity index (χ0) is 11.8. The van der Waals surface area contributed by atoms with E-state index in [4.69, 9.17) is 5.73 Å². The first-order valence-corrected chi connectivity index (χ1v) is 7.09. The second-order valence-corrected chi connectivity index (χ2v) is 7.37. The topological polar surface area (TPSA) is 26.0 Å². The van der Waals surface area contributed by atoms with Gasteiger partial charge in [-0.15, -0.1) is 11.3 Å². The van der Waals surface area contributed by atoms with Crippen LogP contribution in [0.3, 0.4) is 0 Å². The van der Waals surface area contributed by atoms with E-state index in [0.29, 0.717) is 5.41 Å². The molecule has 1 aromatic rings. The van der Waals surface area contributed by atoms with E-state index in [9.17, 15) is 0 Å². The van der Waals surface area contributed by atoms with Gasteiger partial charge in [-0.1, -0.05) is 20.3 Å². The first-order valence-electron chi connectivity index (χ1n) is 6.27. The smallest absolute Gasteiger partial charge is 0.0504 e. The summed E-state index contributed by atoms with van der Waals surface area (Å²) in [7, 11) is 0. The number of hydrogen-bond acceptors (Lipinski definition) is 2. The summed E-state index contributed by atoms with van der Waals surface area (Å²) in [5.41, 5.74) is 7.06. The lowest BCUT2D eigenvalue weighted by Gasteiger charge is -2.28. The monoisotopic (exact) mass is 237 g/mol. The van der Waals surface area contributed by atoms with E-state index in [1.165, 1.54) is 29.0 Å². The number of hydrogen-bond donors (Lipinski definition) is 1. The summed E-state index contributed by atoms with van der Waals surface area (Å²) in [5, 5.41) is 0. The predicted molar refractivity (Wildman–Crippen MR) is 71.8 cm³/mol. The third kappa shape index (κ3) is 2.49. The van der Waals surface area contributed by atoms with Gasteiger partial charge >= 0.3 is 0 Å². The molecule has 0 amide bonds. The van der Waals surface area contributed by atoms with Crippen molar-refractivity contribution in [1.29, 1.82) is 0 Å². The molecule has 1 aromatic heterocycles. The maximum atomic E-state index is 6.63. The van der Waals surface area contributed by atoms with Crippen LogP contribution in [0.5, 0.6) is 0 Å². The molecule has 90 valence electrons. The van der Waals surface area contributed by atoms with Crippen molar-refractivity contribution in [2.24, 2.45) is 11.1 Å². The van der Waals surface area contributed by atoms with Crippen molar-refractivity contribution in [2.45, 2.75) is 58.4 Å². The number of rotatable bonds is 1. The highest BCUT2D eigenvalue weighted by molar-refractivity contribution is 7.12. The first kappa shape index (κ1) is 12.1. The summed E-state index contributed by atoms with van der Waals surface area (Å²) >= 11 is 1.88. The molecule has 1 saturated carbocycles. The molecule has 1 atom stereocenters. The van der Waals surface area contributed by atoms with Crippen molar-refractivity contribution in [2.75, 3.05) is 0 Å². The highest BCUT2D eigenvalue weighted by Gasteiger charge is 2.34. The maximum Gasteiger partial charge on any atom is 0.0504 e. The van der Waals surface area contributed by atoms with Gasteiger partial charge in [-0.25, -0.2) is 0 Å². The van der Waals surface area contributed by atoms with Crippen molar-refractivity contribution in [3.8, 4) is 0 Å². The van der Waals surface area contributed by atoms with Crippen LogP contribution in [-0.4, -0.2) is 0 Å². The zero-order valence-electron chi connectivity index (χ0n) is 10.7. The van der Waals surface area contributed by atoms with Gasteiger partial charge in [0.05, 0.1) is 5.54 Å². The Morgan fingerprint density at radius 1 is 1.12 bits per heavy atom. The lowest BCUT2D eigenvalue weighted by molar-refractivity contribution is 0.300. The predicted octanol–water partition coefficient (Wildman–Crippen LogP) is 4.20. The quantitative estimate of drug-likeness (QED) is 0.728. The summed E-state index contributed by atoms with van der Waals surface area (Å²) in [6, 6.07) is 4.43. The fourth-order valence-electron chi connectivity index (χ4n) is 2.64. The van der Waals surface area contributed by atoms with E-state index in [-0.39, 0.29) is 5.54 Å². The summed E-state index contributed by atoms with van der Waals surface area (Å²) in [5.74, 6) is 0. The molecule has 1 heterocycles. The van der Waals surface area contributed by atoms with E-state index in [1.54, 1.807) is 0 Å². The van der Waals surface area contributed by atoms with Gasteiger partial charge in [0.25, 0.3) is 0 Å². The van der Waals surface area contributed by atoms with Crippen LogP contribution in [-0.2, 0) is 5.54 Å². The number of nitrogens with two attached hydrogens (primary N) is 1. The minimum absolute atomic E-state index is 0.0489. The summed E-state index contributed by atoms with van der Waals surface area (Å²) in [4.78, 5) is 2.77. The fourth-order valence-corrected chi connectivity index (χ4v) is 3.67. The Kier molecular flexibility index (Phi) is 3.15. The van der Waals surface area contributed by atoms with Crippen LogP contribution < -0.4 is 5.73 Å². The average Bonchev–Trinajstić information content (AvgIpc) is 2.57. The van der Waals surface area contributed by atoms with Crippen molar-refractivity contribution in [3.05, 3.63) is 21.9 Å². The molecule has 0 spiro atoms. The van der Waals surface area contributed by atoms with Crippen LogP contribution >= 0.6 is 11.3 Å². The Hall–Kier alpha value is -0.340. The van der Waals surface area contributed by atoms with E-state index in [1.807, 2.05) is 11.3 Å². The van der Waals surface area contributed by atoms with Gasteiger partial charge in [-0.3, -0.25) is 0 Å². The molecule has 0 aliphatic heterocycles. The van der Waals surface area contributed by atoms with Crippen molar-refractivity contribution < 1.29 is 0 Å². The molecule has 0 radical (unpaired) electrons. The van der Waals surface area contributed by atoms with Gasteiger partial charge in [0.2, 0.25) is 0 Å². The largest absolute Gasteiger partial charge is 0.321 e. The second-order valence-electron chi connectivity index (χ2n) is 6.08. The molecule has 2 rings (SSSR count). The van der Waals surface area contributed by atoms with Crippen LogP contribution in [0.25, 0.3) is 0 Å². The number of thiophene rings is 1. The molecule has 0 saturated heterocycles. The summed E-state index contributed by atoms with van der Waals surface area (Å²) < 4.78 is 0. The van der Waals surface area contributed by atoms with Gasteiger partial charge in [0, 0.05) is 9.75 Å². The van der Waals surface area contributed by atoms with Crippen LogP contribution in [0.1, 0.15) is 55.7 Å². The molecular formula is C14H23NS. The van der Waals surface area contributed by atoms with E-state index in [2.05, 4.69) is 32.9 Å². The van der Waals surface area contributed by atoms with Crippen molar-refractivity contribution in [3.63, 3.8) is 0 Å². The van der Waals surface area contributed by atoms with Crippen molar-refractivity contribution >= 4 is 11.3 Å². The van der Waals surface area contributed by atoms with Gasteiger partial charge in [0.1, 0.15) is 0 Å². The number of aryl methyl sites for hydroxylation is 1. The average molecular weight is 237 g/mol. The van der Waals surface area contributed by atoms with Gasteiger partial charge in [-0.2, -0.15) is 0 Å². The normalized spacial score (nSPS) is 30.0. The third-order valence-corrected chi connectivity index (χ3v) is 5.18. The standard InChI is InChI=1S/C14H23NS/c1-11-5-6-12(16-11)14(15)8-4-7-13(2,3)9-10-14/h5-6H,4,7-10,15H2,1-3H3. The third-order valence-electron chi connectivity index (χ3n) is 3.96. The molecule has 0 bridgehead atoms. The first-order chi connectivity index (χ1) is 7.41. The van der Waals surface area contributed by atoms with Crippen LogP contribution in [0.15, 0.2) is 12.1 Å². The van der Waals surface area contributed by atoms with Gasteiger partial charge in [-0.05, 0) is 50.2 Å². The minimum atomic E-state index is -0.0489. The van der Waals surface area contributed by atoms with Gasteiger partial charge < -0.3 is 5.73 Å². The second kappa shape index (κ2) is 4.15. The van der Waals surface area contributed by atoms with E-state index < -0.39 is 0 Å². The molecule has 1 aliphatic carbocycles. The zero-order valence-corrected chi connectivity index (χ0v) is 11.5. The molecule has 2 N–H and O–H groups in total. The lowest BCUT2D eigenvalue weighted by Crippen LogP contribution is -2.35. The Morgan fingerprint density at radius 3 is 2.50 bits per heavy atom. The SMILES string of the molecule is Cc1ccc(C2(N)CCCC(C)(C)CC2)s1. The molecule has 2 heteroatoms. The highest BCUT2D eigenvalue weighted by atomic mass is 32.1. The molecule has 1 unspecified atom stereocenters. The van der Waals surface area contributed by atoms with Crippen molar-refractivity contribution in [1.82, 2.24) is 0 Å².